The second-order valence-corrected chi connectivity index (χ2v) is 2.10. The smallest absolute Gasteiger partial charge is 0.0115 e. The molecule has 10 heavy (non-hydrogen) atoms. The van der Waals surface area contributed by atoms with Gasteiger partial charge in [-0.2, -0.15) is 0 Å². The Morgan fingerprint density at radius 1 is 1.40 bits per heavy atom. The summed E-state index contributed by atoms with van der Waals surface area (Å²) < 4.78 is 0. The molecule has 58 valence electrons. The topological polar surface area (TPSA) is 12.0 Å². The van der Waals surface area contributed by atoms with Crippen LogP contribution in [0.5, 0.6) is 0 Å². The summed E-state index contributed by atoms with van der Waals surface area (Å²) in [4.78, 5) is 0. The van der Waals surface area contributed by atoms with Gasteiger partial charge in [0.1, 0.15) is 0 Å². The molecule has 0 heterocycles. The molecule has 0 aliphatic carbocycles. The monoisotopic (exact) mass is 139 g/mol. The third-order valence-corrected chi connectivity index (χ3v) is 1.27. The molecule has 0 aliphatic rings. The summed E-state index contributed by atoms with van der Waals surface area (Å²) in [6.45, 7) is 7.30. The first-order valence-electron chi connectivity index (χ1n) is 3.90. The van der Waals surface area contributed by atoms with E-state index in [4.69, 9.17) is 0 Å². The van der Waals surface area contributed by atoms with Gasteiger partial charge < -0.3 is 5.32 Å². The fraction of sp³-hybridized carbons (Fsp3) is 0.556. The predicted octanol–water partition coefficient (Wildman–Crippen LogP) is 2.47. The third kappa shape index (κ3) is 4.19. The first-order chi connectivity index (χ1) is 4.85. The maximum atomic E-state index is 3.28. The van der Waals surface area contributed by atoms with Crippen molar-refractivity contribution in [2.45, 2.75) is 27.2 Å². The molecule has 1 heteroatoms. The van der Waals surface area contributed by atoms with Gasteiger partial charge in [0, 0.05) is 12.2 Å². The molecule has 0 saturated carbocycles. The highest BCUT2D eigenvalue weighted by atomic mass is 14.9. The van der Waals surface area contributed by atoms with Gasteiger partial charge >= 0.3 is 0 Å². The standard InChI is InChI=1S/C9H17N/c1-4-7-8-9(5-2)10-6-3/h4,7-8,10H,5-6H2,1-3H3/b7-4-,9-8+. The molecule has 0 amide bonds. The van der Waals surface area contributed by atoms with Crippen molar-refractivity contribution >= 4 is 0 Å². The van der Waals surface area contributed by atoms with E-state index in [1.807, 2.05) is 13.0 Å². The Balaban J connectivity index is 3.78. The van der Waals surface area contributed by atoms with Crippen molar-refractivity contribution < 1.29 is 0 Å². The van der Waals surface area contributed by atoms with Crippen LogP contribution in [0.4, 0.5) is 0 Å². The summed E-state index contributed by atoms with van der Waals surface area (Å²) in [5.74, 6) is 0. The Morgan fingerprint density at radius 3 is 2.50 bits per heavy atom. The second-order valence-electron chi connectivity index (χ2n) is 2.10. The number of rotatable bonds is 4. The molecule has 0 atom stereocenters. The summed E-state index contributed by atoms with van der Waals surface area (Å²) in [6, 6.07) is 0. The van der Waals surface area contributed by atoms with Crippen LogP contribution in [-0.2, 0) is 0 Å². The zero-order valence-corrected chi connectivity index (χ0v) is 7.15. The van der Waals surface area contributed by atoms with Gasteiger partial charge in [0.15, 0.2) is 0 Å². The van der Waals surface area contributed by atoms with Crippen molar-refractivity contribution in [1.82, 2.24) is 5.32 Å². The van der Waals surface area contributed by atoms with Gasteiger partial charge in [-0.1, -0.05) is 19.1 Å². The summed E-state index contributed by atoms with van der Waals surface area (Å²) in [6.07, 6.45) is 7.29. The Hall–Kier alpha value is -0.720. The van der Waals surface area contributed by atoms with E-state index >= 15 is 0 Å². The molecule has 1 nitrogen and oxygen atoms in total. The molecule has 0 aromatic rings. The second kappa shape index (κ2) is 6.40. The highest BCUT2D eigenvalue weighted by molar-refractivity contribution is 5.09. The Kier molecular flexibility index (Phi) is 5.94. The number of hydrogen-bond acceptors (Lipinski definition) is 1. The first kappa shape index (κ1) is 9.28. The molecule has 0 saturated heterocycles. The Bertz CT molecular complexity index is 123. The van der Waals surface area contributed by atoms with E-state index in [1.165, 1.54) is 5.70 Å². The van der Waals surface area contributed by atoms with E-state index < -0.39 is 0 Å². The fourth-order valence-corrected chi connectivity index (χ4v) is 0.741. The zero-order chi connectivity index (χ0) is 7.82. The Labute approximate surface area is 63.8 Å². The average Bonchev–Trinajstić information content (AvgIpc) is 1.98. The molecule has 1 N–H and O–H groups in total. The van der Waals surface area contributed by atoms with E-state index in [-0.39, 0.29) is 0 Å². The van der Waals surface area contributed by atoms with Gasteiger partial charge in [-0.25, -0.2) is 0 Å². The number of hydrogen-bond donors (Lipinski definition) is 1. The molecule has 0 bridgehead atoms. The van der Waals surface area contributed by atoms with Crippen molar-refractivity contribution in [3.63, 3.8) is 0 Å². The van der Waals surface area contributed by atoms with Crippen LogP contribution in [0.1, 0.15) is 27.2 Å². The van der Waals surface area contributed by atoms with Crippen LogP contribution in [0.3, 0.4) is 0 Å². The lowest BCUT2D eigenvalue weighted by molar-refractivity contribution is 0.807. The van der Waals surface area contributed by atoms with Gasteiger partial charge in [0.05, 0.1) is 0 Å². The maximum absolute atomic E-state index is 3.28. The van der Waals surface area contributed by atoms with E-state index in [0.717, 1.165) is 13.0 Å². The van der Waals surface area contributed by atoms with Crippen LogP contribution in [0.25, 0.3) is 0 Å². The maximum Gasteiger partial charge on any atom is 0.0115 e. The first-order valence-corrected chi connectivity index (χ1v) is 3.90. The van der Waals surface area contributed by atoms with Gasteiger partial charge in [-0.15, -0.1) is 0 Å². The summed E-state index contributed by atoms with van der Waals surface area (Å²) in [5.41, 5.74) is 1.31. The van der Waals surface area contributed by atoms with Gasteiger partial charge in [-0.3, -0.25) is 0 Å². The van der Waals surface area contributed by atoms with Crippen molar-refractivity contribution in [3.8, 4) is 0 Å². The molecule has 0 rings (SSSR count). The van der Waals surface area contributed by atoms with Gasteiger partial charge in [0.25, 0.3) is 0 Å². The van der Waals surface area contributed by atoms with Crippen LogP contribution in [0, 0.1) is 0 Å². The molecular weight excluding hydrogens is 122 g/mol. The molecule has 0 fully saturated rings. The third-order valence-electron chi connectivity index (χ3n) is 1.27. The molecule has 0 aromatic carbocycles. The number of allylic oxidation sites excluding steroid dienone is 4. The molecule has 0 radical (unpaired) electrons. The zero-order valence-electron chi connectivity index (χ0n) is 7.15. The van der Waals surface area contributed by atoms with Crippen LogP contribution in [0.2, 0.25) is 0 Å². The van der Waals surface area contributed by atoms with Crippen LogP contribution < -0.4 is 5.32 Å². The molecule has 0 unspecified atom stereocenters. The van der Waals surface area contributed by atoms with Gasteiger partial charge in [0.2, 0.25) is 0 Å². The van der Waals surface area contributed by atoms with Crippen molar-refractivity contribution in [3.05, 3.63) is 23.9 Å². The lowest BCUT2D eigenvalue weighted by atomic mass is 10.3. The fourth-order valence-electron chi connectivity index (χ4n) is 0.741. The molecule has 0 aromatic heterocycles. The molecule has 0 aliphatic heterocycles. The minimum Gasteiger partial charge on any atom is -0.389 e. The van der Waals surface area contributed by atoms with Gasteiger partial charge in [-0.05, 0) is 26.3 Å². The van der Waals surface area contributed by atoms with Crippen molar-refractivity contribution in [2.75, 3.05) is 6.54 Å². The largest absolute Gasteiger partial charge is 0.389 e. The van der Waals surface area contributed by atoms with Crippen LogP contribution in [0.15, 0.2) is 23.9 Å². The van der Waals surface area contributed by atoms with Crippen molar-refractivity contribution in [2.24, 2.45) is 0 Å². The molecule has 0 spiro atoms. The highest BCUT2D eigenvalue weighted by Crippen LogP contribution is 1.94. The van der Waals surface area contributed by atoms with E-state index in [0.29, 0.717) is 0 Å². The predicted molar refractivity (Wildman–Crippen MR) is 46.9 cm³/mol. The summed E-state index contributed by atoms with van der Waals surface area (Å²) in [7, 11) is 0. The normalized spacial score (nSPS) is 12.5. The SMILES string of the molecule is C/C=C\C=C(/CC)NCC. The lowest BCUT2D eigenvalue weighted by Gasteiger charge is -2.03. The highest BCUT2D eigenvalue weighted by Gasteiger charge is 1.85. The van der Waals surface area contributed by atoms with Crippen LogP contribution in [-0.4, -0.2) is 6.54 Å². The summed E-state index contributed by atoms with van der Waals surface area (Å²) >= 11 is 0. The number of nitrogens with one attached hydrogen (secondary N) is 1. The Morgan fingerprint density at radius 2 is 2.10 bits per heavy atom. The van der Waals surface area contributed by atoms with Crippen molar-refractivity contribution in [1.29, 1.82) is 0 Å². The van der Waals surface area contributed by atoms with E-state index in [2.05, 4.69) is 31.3 Å². The van der Waals surface area contributed by atoms with Crippen LogP contribution >= 0.6 is 0 Å². The average molecular weight is 139 g/mol. The quantitative estimate of drug-likeness (QED) is 0.590. The minimum atomic E-state index is 1.01. The molecular formula is C9H17N. The van der Waals surface area contributed by atoms with E-state index in [1.54, 1.807) is 0 Å². The lowest BCUT2D eigenvalue weighted by Crippen LogP contribution is -2.10. The minimum absolute atomic E-state index is 1.01. The van der Waals surface area contributed by atoms with E-state index in [9.17, 15) is 0 Å². The summed E-state index contributed by atoms with van der Waals surface area (Å²) in [5, 5.41) is 3.28.